The lowest BCUT2D eigenvalue weighted by atomic mass is 9.68. The van der Waals surface area contributed by atoms with Crippen LogP contribution in [0.3, 0.4) is 0 Å². The first-order valence-corrected chi connectivity index (χ1v) is 11.9. The third kappa shape index (κ3) is 2.44. The molecule has 35 heavy (non-hydrogen) atoms. The van der Waals surface area contributed by atoms with Gasteiger partial charge in [0.15, 0.2) is 5.41 Å². The fraction of sp³-hybridized carbons (Fsp3) is 0.321. The number of aromatic nitrogens is 1. The van der Waals surface area contributed by atoms with Gasteiger partial charge in [-0.25, -0.2) is 0 Å². The summed E-state index contributed by atoms with van der Waals surface area (Å²) in [6.07, 6.45) is 1.51. The van der Waals surface area contributed by atoms with Gasteiger partial charge in [-0.3, -0.25) is 9.59 Å². The fourth-order valence-electron chi connectivity index (χ4n) is 6.50. The molecule has 4 heterocycles. The number of pyridine rings is 1. The number of rotatable bonds is 1. The highest BCUT2D eigenvalue weighted by Gasteiger charge is 2.64. The fourth-order valence-corrected chi connectivity index (χ4v) is 6.50. The molecule has 0 unspecified atom stereocenters. The molecule has 3 aromatic rings. The quantitative estimate of drug-likeness (QED) is 0.561. The average Bonchev–Trinajstić information content (AvgIpc) is 3.07. The van der Waals surface area contributed by atoms with E-state index in [1.807, 2.05) is 38.1 Å². The number of carbonyl (C=O) groups excluding carboxylic acids is 1. The first-order chi connectivity index (χ1) is 16.7. The average molecular weight is 467 g/mol. The number of benzene rings is 2. The number of anilines is 1. The number of nitrogens with zero attached hydrogens (tertiary/aromatic N) is 2. The molecule has 0 radical (unpaired) electrons. The molecular formula is C28H26N4O3. The Kier molecular flexibility index (Phi) is 4.15. The Hall–Kier alpha value is -4.05. The monoisotopic (exact) mass is 466 g/mol. The van der Waals surface area contributed by atoms with Crippen LogP contribution in [0.4, 0.5) is 5.69 Å². The summed E-state index contributed by atoms with van der Waals surface area (Å²) in [5.41, 5.74) is 7.90. The molecule has 2 atom stereocenters. The van der Waals surface area contributed by atoms with Crippen LogP contribution < -0.4 is 20.9 Å². The molecule has 2 aromatic carbocycles. The van der Waals surface area contributed by atoms with Gasteiger partial charge in [-0.15, -0.1) is 0 Å². The van der Waals surface area contributed by atoms with Crippen LogP contribution in [-0.4, -0.2) is 16.4 Å². The van der Waals surface area contributed by atoms with Gasteiger partial charge in [0.2, 0.25) is 11.8 Å². The lowest BCUT2D eigenvalue weighted by molar-refractivity contribution is -0.122. The second-order valence-electron chi connectivity index (χ2n) is 10.4. The van der Waals surface area contributed by atoms with Gasteiger partial charge in [0.05, 0.1) is 16.8 Å². The van der Waals surface area contributed by atoms with Gasteiger partial charge >= 0.3 is 0 Å². The first kappa shape index (κ1) is 21.5. The van der Waals surface area contributed by atoms with E-state index in [4.69, 9.17) is 10.5 Å². The predicted molar refractivity (Wildman–Crippen MR) is 133 cm³/mol. The van der Waals surface area contributed by atoms with Crippen LogP contribution in [0.5, 0.6) is 5.75 Å². The number of nitrogens with one attached hydrogen (secondary N) is 1. The van der Waals surface area contributed by atoms with Gasteiger partial charge in [0.25, 0.3) is 5.56 Å². The van der Waals surface area contributed by atoms with Crippen molar-refractivity contribution in [1.29, 1.82) is 5.26 Å². The molecule has 176 valence electrons. The summed E-state index contributed by atoms with van der Waals surface area (Å²) in [6.45, 7) is 8.29. The molecule has 0 fully saturated rings. The van der Waals surface area contributed by atoms with Crippen LogP contribution in [0.15, 0.2) is 52.6 Å². The summed E-state index contributed by atoms with van der Waals surface area (Å²) >= 11 is 0. The summed E-state index contributed by atoms with van der Waals surface area (Å²) in [6, 6.07) is 13.5. The number of ether oxygens (including phenoxy) is 1. The minimum atomic E-state index is -1.68. The van der Waals surface area contributed by atoms with Gasteiger partial charge in [-0.1, -0.05) is 38.1 Å². The lowest BCUT2D eigenvalue weighted by Crippen LogP contribution is -2.55. The van der Waals surface area contributed by atoms with Crippen molar-refractivity contribution in [3.63, 3.8) is 0 Å². The summed E-state index contributed by atoms with van der Waals surface area (Å²) in [5.74, 6) is -0.0461. The Morgan fingerprint density at radius 3 is 2.71 bits per heavy atom. The van der Waals surface area contributed by atoms with E-state index in [0.717, 1.165) is 29.7 Å². The largest absolute Gasteiger partial charge is 0.439 e. The van der Waals surface area contributed by atoms with E-state index >= 15 is 0 Å². The number of aryl methyl sites for hydroxylation is 1. The zero-order valence-electron chi connectivity index (χ0n) is 20.2. The van der Waals surface area contributed by atoms with Crippen molar-refractivity contribution in [3.8, 4) is 11.8 Å². The van der Waals surface area contributed by atoms with Gasteiger partial charge < -0.3 is 20.4 Å². The third-order valence-corrected chi connectivity index (χ3v) is 7.90. The zero-order valence-corrected chi connectivity index (χ0v) is 20.2. The molecule has 3 N–H and O–H groups in total. The maximum atomic E-state index is 14.7. The normalized spacial score (nSPS) is 23.8. The zero-order chi connectivity index (χ0) is 24.9. The van der Waals surface area contributed by atoms with E-state index in [1.54, 1.807) is 11.0 Å². The minimum absolute atomic E-state index is 0.0379. The van der Waals surface area contributed by atoms with Gasteiger partial charge in [0.1, 0.15) is 17.4 Å². The van der Waals surface area contributed by atoms with Crippen LogP contribution in [0.25, 0.3) is 10.9 Å². The van der Waals surface area contributed by atoms with Crippen LogP contribution in [0.2, 0.25) is 0 Å². The maximum Gasteiger partial charge on any atom is 0.257 e. The molecule has 0 bridgehead atoms. The topological polar surface area (TPSA) is 112 Å². The summed E-state index contributed by atoms with van der Waals surface area (Å²) in [4.78, 5) is 33.2. The Labute approximate surface area is 202 Å². The van der Waals surface area contributed by atoms with Gasteiger partial charge in [-0.05, 0) is 55.9 Å². The van der Waals surface area contributed by atoms with Crippen LogP contribution in [0, 0.1) is 11.3 Å². The molecule has 0 saturated carbocycles. The molecule has 1 spiro atoms. The highest BCUT2D eigenvalue weighted by atomic mass is 16.5. The Morgan fingerprint density at radius 2 is 2.00 bits per heavy atom. The highest BCUT2D eigenvalue weighted by molar-refractivity contribution is 6.16. The van der Waals surface area contributed by atoms with Crippen molar-refractivity contribution in [2.75, 3.05) is 4.90 Å². The van der Waals surface area contributed by atoms with E-state index in [2.05, 4.69) is 31.0 Å². The van der Waals surface area contributed by atoms with E-state index in [0.29, 0.717) is 16.5 Å². The second-order valence-corrected chi connectivity index (χ2v) is 10.4. The number of H-pyrrole nitrogens is 1. The van der Waals surface area contributed by atoms with Crippen LogP contribution in [0.1, 0.15) is 62.3 Å². The Morgan fingerprint density at radius 1 is 1.26 bits per heavy atom. The third-order valence-electron chi connectivity index (χ3n) is 7.90. The van der Waals surface area contributed by atoms with Crippen LogP contribution in [-0.2, 0) is 16.6 Å². The van der Waals surface area contributed by atoms with Crippen molar-refractivity contribution in [2.24, 2.45) is 5.73 Å². The number of hydrogen-bond acceptors (Lipinski definition) is 5. The summed E-state index contributed by atoms with van der Waals surface area (Å²) in [7, 11) is 0. The Balaban J connectivity index is 1.86. The molecule has 3 aliphatic heterocycles. The molecule has 1 amide bonds. The standard InChI is InChI=1S/C28H26N4O3/c1-5-15-10-17-14(2)12-27(3,4)32-22(17)18(11-15)28(26(32)34)19(13-29)24(30)35-23-16-8-6-7-9-20(16)31-25(33)21(23)28/h6-11,14H,5,12,30H2,1-4H3,(H,31,33)/t14-,28+/m0/s1. The van der Waals surface area contributed by atoms with E-state index in [9.17, 15) is 14.9 Å². The SMILES string of the molecule is CCc1cc2c3c(c1)[C@@]1(C(=O)N3C(C)(C)C[C@@H]2C)C(C#N)=C(N)Oc2c1c(=O)[nH]c1ccccc21. The molecule has 6 rings (SSSR count). The van der Waals surface area contributed by atoms with Crippen molar-refractivity contribution in [1.82, 2.24) is 4.98 Å². The maximum absolute atomic E-state index is 14.7. The molecule has 0 aliphatic carbocycles. The van der Waals surface area contributed by atoms with Gasteiger partial charge in [0, 0.05) is 16.5 Å². The molecule has 1 aromatic heterocycles. The van der Waals surface area contributed by atoms with Crippen molar-refractivity contribution >= 4 is 22.5 Å². The molecule has 3 aliphatic rings. The van der Waals surface area contributed by atoms with E-state index in [-0.39, 0.29) is 34.6 Å². The molecule has 0 saturated heterocycles. The smallest absolute Gasteiger partial charge is 0.257 e. The number of fused-ring (bicyclic) bond motifs is 5. The first-order valence-electron chi connectivity index (χ1n) is 11.9. The van der Waals surface area contributed by atoms with Gasteiger partial charge in [-0.2, -0.15) is 5.26 Å². The summed E-state index contributed by atoms with van der Waals surface area (Å²) in [5, 5.41) is 11.0. The van der Waals surface area contributed by atoms with Crippen molar-refractivity contribution in [3.05, 3.63) is 80.5 Å². The van der Waals surface area contributed by atoms with Crippen LogP contribution >= 0.6 is 0 Å². The Bertz CT molecular complexity index is 1610. The second kappa shape index (κ2) is 6.76. The number of carbonyl (C=O) groups is 1. The molecule has 7 heteroatoms. The summed E-state index contributed by atoms with van der Waals surface area (Å²) < 4.78 is 5.97. The molecular weight excluding hydrogens is 440 g/mol. The number of aromatic amines is 1. The molecule has 7 nitrogen and oxygen atoms in total. The number of nitriles is 1. The number of hydrogen-bond donors (Lipinski definition) is 2. The number of amides is 1. The number of para-hydroxylation sites is 1. The van der Waals surface area contributed by atoms with Crippen molar-refractivity contribution < 1.29 is 9.53 Å². The van der Waals surface area contributed by atoms with Crippen molar-refractivity contribution in [2.45, 2.75) is 57.4 Å². The van der Waals surface area contributed by atoms with E-state index in [1.165, 1.54) is 0 Å². The van der Waals surface area contributed by atoms with E-state index < -0.39 is 16.5 Å². The lowest BCUT2D eigenvalue weighted by Gasteiger charge is -2.44. The highest BCUT2D eigenvalue weighted by Crippen LogP contribution is 2.60. The minimum Gasteiger partial charge on any atom is -0.439 e. The predicted octanol–water partition coefficient (Wildman–Crippen LogP) is 4.10. The number of nitrogens with two attached hydrogens (primary N) is 1.